The van der Waals surface area contributed by atoms with Crippen LogP contribution in [0.2, 0.25) is 0 Å². The average molecular weight is 324 g/mol. The maximum absolute atomic E-state index is 11.5. The van der Waals surface area contributed by atoms with Crippen molar-refractivity contribution in [2.24, 2.45) is 0 Å². The molecule has 1 heterocycles. The Balaban J connectivity index is 2.04. The lowest BCUT2D eigenvalue weighted by atomic mass is 10.2. The van der Waals surface area contributed by atoms with Gasteiger partial charge in [0.25, 0.3) is 0 Å². The van der Waals surface area contributed by atoms with E-state index in [9.17, 15) is 4.79 Å². The molecule has 0 aliphatic carbocycles. The molecule has 0 aliphatic rings. The lowest BCUT2D eigenvalue weighted by Gasteiger charge is -2.10. The van der Waals surface area contributed by atoms with Gasteiger partial charge in [0.05, 0.1) is 5.75 Å². The van der Waals surface area contributed by atoms with Gasteiger partial charge in [-0.25, -0.2) is 0 Å². The summed E-state index contributed by atoms with van der Waals surface area (Å²) >= 11 is 1.37. The minimum atomic E-state index is -0.0427. The Bertz CT molecular complexity index is 787. The number of rotatable bonds is 5. The van der Waals surface area contributed by atoms with Gasteiger partial charge in [0.1, 0.15) is 0 Å². The highest BCUT2D eigenvalue weighted by Crippen LogP contribution is 2.27. The predicted octanol–water partition coefficient (Wildman–Crippen LogP) is 2.77. The van der Waals surface area contributed by atoms with Gasteiger partial charge in [-0.3, -0.25) is 9.36 Å². The monoisotopic (exact) mass is 324 g/mol. The van der Waals surface area contributed by atoms with Crippen LogP contribution in [0, 0.1) is 0 Å². The van der Waals surface area contributed by atoms with Gasteiger partial charge in [0, 0.05) is 18.3 Å². The lowest BCUT2D eigenvalue weighted by molar-refractivity contribution is -0.118. The van der Waals surface area contributed by atoms with Crippen molar-refractivity contribution in [3.05, 3.63) is 60.7 Å². The van der Waals surface area contributed by atoms with Crippen LogP contribution in [0.3, 0.4) is 0 Å². The van der Waals surface area contributed by atoms with Crippen molar-refractivity contribution in [2.45, 2.75) is 5.16 Å². The first-order chi connectivity index (χ1) is 11.3. The molecule has 0 saturated carbocycles. The van der Waals surface area contributed by atoms with Gasteiger partial charge in [-0.15, -0.1) is 10.2 Å². The Hall–Kier alpha value is -2.60. The summed E-state index contributed by atoms with van der Waals surface area (Å²) in [5.41, 5.74) is 1.95. The van der Waals surface area contributed by atoms with E-state index in [1.54, 1.807) is 7.05 Å². The molecule has 0 saturated heterocycles. The Morgan fingerprint density at radius 1 is 1.04 bits per heavy atom. The van der Waals surface area contributed by atoms with Crippen molar-refractivity contribution >= 4 is 17.7 Å². The molecule has 23 heavy (non-hydrogen) atoms. The molecule has 2 aromatic carbocycles. The summed E-state index contributed by atoms with van der Waals surface area (Å²) in [7, 11) is 1.63. The Labute approximate surface area is 138 Å². The zero-order valence-electron chi connectivity index (χ0n) is 12.6. The Morgan fingerprint density at radius 2 is 1.70 bits per heavy atom. The van der Waals surface area contributed by atoms with E-state index in [0.717, 1.165) is 17.1 Å². The lowest BCUT2D eigenvalue weighted by Crippen LogP contribution is -2.20. The minimum absolute atomic E-state index is 0.0427. The Kier molecular flexibility index (Phi) is 4.73. The summed E-state index contributed by atoms with van der Waals surface area (Å²) in [5, 5.41) is 11.9. The van der Waals surface area contributed by atoms with Gasteiger partial charge in [0.2, 0.25) is 5.91 Å². The minimum Gasteiger partial charge on any atom is -0.358 e. The molecule has 0 atom stereocenters. The number of nitrogens with zero attached hydrogens (tertiary/aromatic N) is 3. The van der Waals surface area contributed by atoms with E-state index in [4.69, 9.17) is 0 Å². The normalized spacial score (nSPS) is 10.5. The van der Waals surface area contributed by atoms with Crippen LogP contribution >= 0.6 is 11.8 Å². The largest absolute Gasteiger partial charge is 0.358 e. The average Bonchev–Trinajstić information content (AvgIpc) is 3.05. The molecule has 0 radical (unpaired) electrons. The number of carbonyl (C=O) groups is 1. The summed E-state index contributed by atoms with van der Waals surface area (Å²) in [4.78, 5) is 11.5. The molecular formula is C17H16N4OS. The van der Waals surface area contributed by atoms with E-state index in [1.165, 1.54) is 11.8 Å². The highest BCUT2D eigenvalue weighted by Gasteiger charge is 2.16. The molecule has 5 nitrogen and oxygen atoms in total. The summed E-state index contributed by atoms with van der Waals surface area (Å²) in [6.07, 6.45) is 0. The van der Waals surface area contributed by atoms with Gasteiger partial charge in [-0.05, 0) is 12.1 Å². The number of carbonyl (C=O) groups excluding carboxylic acids is 1. The molecule has 0 bridgehead atoms. The number of aromatic nitrogens is 3. The van der Waals surface area contributed by atoms with Crippen molar-refractivity contribution in [3.63, 3.8) is 0 Å². The van der Waals surface area contributed by atoms with E-state index in [-0.39, 0.29) is 5.91 Å². The summed E-state index contributed by atoms with van der Waals surface area (Å²) < 4.78 is 1.98. The quantitative estimate of drug-likeness (QED) is 0.733. The number of hydrogen-bond donors (Lipinski definition) is 1. The van der Waals surface area contributed by atoms with Crippen LogP contribution in [0.1, 0.15) is 0 Å². The van der Waals surface area contributed by atoms with Gasteiger partial charge < -0.3 is 5.32 Å². The second-order valence-corrected chi connectivity index (χ2v) is 5.75. The molecule has 116 valence electrons. The predicted molar refractivity (Wildman–Crippen MR) is 91.6 cm³/mol. The van der Waals surface area contributed by atoms with Crippen molar-refractivity contribution in [2.75, 3.05) is 12.8 Å². The fraction of sp³-hybridized carbons (Fsp3) is 0.118. The number of para-hydroxylation sites is 1. The van der Waals surface area contributed by atoms with Crippen LogP contribution in [0.15, 0.2) is 65.8 Å². The molecule has 6 heteroatoms. The van der Waals surface area contributed by atoms with Crippen LogP contribution in [-0.4, -0.2) is 33.5 Å². The molecule has 0 fully saturated rings. The number of thioether (sulfide) groups is 1. The first kappa shape index (κ1) is 15.3. The number of benzene rings is 2. The van der Waals surface area contributed by atoms with E-state index in [1.807, 2.05) is 65.2 Å². The van der Waals surface area contributed by atoms with E-state index in [2.05, 4.69) is 15.5 Å². The van der Waals surface area contributed by atoms with Crippen molar-refractivity contribution < 1.29 is 4.79 Å². The molecule has 1 N–H and O–H groups in total. The summed E-state index contributed by atoms with van der Waals surface area (Å²) in [6, 6.07) is 19.8. The molecule has 0 aliphatic heterocycles. The van der Waals surface area contributed by atoms with Crippen molar-refractivity contribution in [3.8, 4) is 17.1 Å². The first-order valence-corrected chi connectivity index (χ1v) is 8.18. The standard InChI is InChI=1S/C17H16N4OS/c1-18-15(22)12-23-17-20-19-16(13-8-4-2-5-9-13)21(17)14-10-6-3-7-11-14/h2-11H,12H2,1H3,(H,18,22). The number of hydrogen-bond acceptors (Lipinski definition) is 4. The van der Waals surface area contributed by atoms with Crippen molar-refractivity contribution in [1.29, 1.82) is 0 Å². The SMILES string of the molecule is CNC(=O)CSc1nnc(-c2ccccc2)n1-c1ccccc1. The third kappa shape index (κ3) is 3.43. The molecule has 3 rings (SSSR count). The first-order valence-electron chi connectivity index (χ1n) is 7.19. The summed E-state index contributed by atoms with van der Waals surface area (Å²) in [6.45, 7) is 0. The van der Waals surface area contributed by atoms with Crippen LogP contribution in [0.5, 0.6) is 0 Å². The van der Waals surface area contributed by atoms with Gasteiger partial charge in [-0.2, -0.15) is 0 Å². The zero-order chi connectivity index (χ0) is 16.1. The second-order valence-electron chi connectivity index (χ2n) is 4.81. The maximum atomic E-state index is 11.5. The highest BCUT2D eigenvalue weighted by atomic mass is 32.2. The third-order valence-electron chi connectivity index (χ3n) is 3.29. The van der Waals surface area contributed by atoms with E-state index in [0.29, 0.717) is 10.9 Å². The van der Waals surface area contributed by atoms with Crippen LogP contribution in [0.25, 0.3) is 17.1 Å². The topological polar surface area (TPSA) is 59.8 Å². The highest BCUT2D eigenvalue weighted by molar-refractivity contribution is 7.99. The molecule has 3 aromatic rings. The van der Waals surface area contributed by atoms with E-state index >= 15 is 0 Å². The van der Waals surface area contributed by atoms with Crippen LogP contribution in [0.4, 0.5) is 0 Å². The third-order valence-corrected chi connectivity index (χ3v) is 4.22. The van der Waals surface area contributed by atoms with Gasteiger partial charge >= 0.3 is 0 Å². The van der Waals surface area contributed by atoms with Gasteiger partial charge in [0.15, 0.2) is 11.0 Å². The van der Waals surface area contributed by atoms with E-state index < -0.39 is 0 Å². The molecular weight excluding hydrogens is 308 g/mol. The fourth-order valence-electron chi connectivity index (χ4n) is 2.15. The fourth-order valence-corrected chi connectivity index (χ4v) is 2.97. The van der Waals surface area contributed by atoms with Crippen molar-refractivity contribution in [1.82, 2.24) is 20.1 Å². The molecule has 0 unspecified atom stereocenters. The van der Waals surface area contributed by atoms with Crippen LogP contribution in [-0.2, 0) is 4.79 Å². The summed E-state index contributed by atoms with van der Waals surface area (Å²) in [5.74, 6) is 1.02. The molecule has 0 spiro atoms. The van der Waals surface area contributed by atoms with Crippen LogP contribution < -0.4 is 5.32 Å². The maximum Gasteiger partial charge on any atom is 0.230 e. The molecule has 1 aromatic heterocycles. The number of nitrogens with one attached hydrogen (secondary N) is 1. The zero-order valence-corrected chi connectivity index (χ0v) is 13.5. The number of amides is 1. The molecule has 1 amide bonds. The smallest absolute Gasteiger partial charge is 0.230 e. The Morgan fingerprint density at radius 3 is 2.35 bits per heavy atom. The second kappa shape index (κ2) is 7.11. The van der Waals surface area contributed by atoms with Gasteiger partial charge in [-0.1, -0.05) is 60.3 Å².